The molecule has 1 aliphatic carbocycles. The molecule has 0 amide bonds. The molecule has 1 aliphatic rings. The summed E-state index contributed by atoms with van der Waals surface area (Å²) in [5.41, 5.74) is 1.44. The molecule has 2 unspecified atom stereocenters. The zero-order valence-corrected chi connectivity index (χ0v) is 10.4. The maximum Gasteiger partial charge on any atom is 0.0492 e. The van der Waals surface area contributed by atoms with Crippen LogP contribution < -0.4 is 5.32 Å². The van der Waals surface area contributed by atoms with Crippen molar-refractivity contribution in [1.82, 2.24) is 15.1 Å². The van der Waals surface area contributed by atoms with Crippen LogP contribution in [0.2, 0.25) is 0 Å². The third-order valence-electron chi connectivity index (χ3n) is 3.63. The van der Waals surface area contributed by atoms with Crippen molar-refractivity contribution in [3.8, 4) is 0 Å². The normalized spacial score (nSPS) is 25.9. The van der Waals surface area contributed by atoms with Crippen molar-refractivity contribution in [1.29, 1.82) is 0 Å². The molecule has 16 heavy (non-hydrogen) atoms. The van der Waals surface area contributed by atoms with Crippen LogP contribution >= 0.6 is 0 Å². The predicted molar refractivity (Wildman–Crippen MR) is 66.6 cm³/mol. The average Bonchev–Trinajstić information content (AvgIpc) is 2.78. The Kier molecular flexibility index (Phi) is 3.99. The summed E-state index contributed by atoms with van der Waals surface area (Å²) in [6.07, 6.45) is 7.23. The van der Waals surface area contributed by atoms with Crippen molar-refractivity contribution >= 4 is 0 Å². The van der Waals surface area contributed by atoms with Gasteiger partial charge in [0, 0.05) is 30.4 Å². The largest absolute Gasteiger partial charge is 0.314 e. The second-order valence-electron chi connectivity index (χ2n) is 4.69. The first-order chi connectivity index (χ1) is 7.85. The highest BCUT2D eigenvalue weighted by Crippen LogP contribution is 2.32. The van der Waals surface area contributed by atoms with Gasteiger partial charge in [-0.15, -0.1) is 0 Å². The summed E-state index contributed by atoms with van der Waals surface area (Å²) in [4.78, 5) is 0. The van der Waals surface area contributed by atoms with E-state index in [1.54, 1.807) is 0 Å². The lowest BCUT2D eigenvalue weighted by Gasteiger charge is -2.29. The minimum Gasteiger partial charge on any atom is -0.314 e. The van der Waals surface area contributed by atoms with Crippen LogP contribution in [-0.2, 0) is 6.54 Å². The fourth-order valence-electron chi connectivity index (χ4n) is 2.89. The zero-order valence-electron chi connectivity index (χ0n) is 10.4. The Bertz CT molecular complexity index is 317. The first-order valence-electron chi connectivity index (χ1n) is 6.60. The molecule has 0 radical (unpaired) electrons. The number of hydrogen-bond acceptors (Lipinski definition) is 2. The second kappa shape index (κ2) is 5.48. The van der Waals surface area contributed by atoms with Crippen LogP contribution in [0.1, 0.15) is 51.1 Å². The highest BCUT2D eigenvalue weighted by molar-refractivity contribution is 5.09. The maximum absolute atomic E-state index is 4.38. The van der Waals surface area contributed by atoms with Gasteiger partial charge in [0.15, 0.2) is 0 Å². The van der Waals surface area contributed by atoms with Gasteiger partial charge in [0.25, 0.3) is 0 Å². The van der Waals surface area contributed by atoms with E-state index >= 15 is 0 Å². The van der Waals surface area contributed by atoms with Gasteiger partial charge in [0.2, 0.25) is 0 Å². The van der Waals surface area contributed by atoms with Crippen LogP contribution in [0.4, 0.5) is 0 Å². The summed E-state index contributed by atoms with van der Waals surface area (Å²) >= 11 is 0. The lowest BCUT2D eigenvalue weighted by atomic mass is 9.83. The van der Waals surface area contributed by atoms with E-state index in [1.807, 2.05) is 6.20 Å². The van der Waals surface area contributed by atoms with E-state index in [4.69, 9.17) is 0 Å². The van der Waals surface area contributed by atoms with E-state index in [0.717, 1.165) is 13.1 Å². The Hall–Kier alpha value is -0.830. The van der Waals surface area contributed by atoms with Gasteiger partial charge in [-0.25, -0.2) is 0 Å². The average molecular weight is 221 g/mol. The Labute approximate surface area is 98.2 Å². The third kappa shape index (κ3) is 2.46. The van der Waals surface area contributed by atoms with Crippen LogP contribution in [0, 0.1) is 0 Å². The van der Waals surface area contributed by atoms with E-state index in [9.17, 15) is 0 Å². The molecule has 1 heterocycles. The van der Waals surface area contributed by atoms with Crippen molar-refractivity contribution in [3.05, 3.63) is 18.0 Å². The van der Waals surface area contributed by atoms with E-state index in [1.165, 1.54) is 31.4 Å². The molecule has 2 atom stereocenters. The Morgan fingerprint density at radius 1 is 1.44 bits per heavy atom. The number of nitrogens with one attached hydrogen (secondary N) is 1. The monoisotopic (exact) mass is 221 g/mol. The number of nitrogens with zero attached hydrogens (tertiary/aromatic N) is 2. The number of aryl methyl sites for hydroxylation is 1. The van der Waals surface area contributed by atoms with Gasteiger partial charge in [-0.2, -0.15) is 5.10 Å². The summed E-state index contributed by atoms with van der Waals surface area (Å²) in [5, 5.41) is 7.96. The topological polar surface area (TPSA) is 29.9 Å². The molecule has 90 valence electrons. The lowest BCUT2D eigenvalue weighted by molar-refractivity contribution is 0.333. The second-order valence-corrected chi connectivity index (χ2v) is 4.69. The first-order valence-corrected chi connectivity index (χ1v) is 6.60. The molecule has 2 rings (SSSR count). The van der Waals surface area contributed by atoms with E-state index in [2.05, 4.69) is 35.0 Å². The lowest BCUT2D eigenvalue weighted by Crippen LogP contribution is -2.33. The Morgan fingerprint density at radius 3 is 3.06 bits per heavy atom. The molecule has 1 N–H and O–H groups in total. The SMILES string of the molecule is CCNC1CCCC(c2ccnn2CC)C1. The maximum atomic E-state index is 4.38. The molecule has 3 heteroatoms. The summed E-state index contributed by atoms with van der Waals surface area (Å²) in [6.45, 7) is 6.44. The molecule has 0 saturated heterocycles. The molecular weight excluding hydrogens is 198 g/mol. The van der Waals surface area contributed by atoms with Crippen LogP contribution in [0.3, 0.4) is 0 Å². The molecule has 1 aromatic rings. The zero-order chi connectivity index (χ0) is 11.4. The predicted octanol–water partition coefficient (Wildman–Crippen LogP) is 2.54. The number of rotatable bonds is 4. The van der Waals surface area contributed by atoms with Gasteiger partial charge in [-0.1, -0.05) is 13.3 Å². The van der Waals surface area contributed by atoms with E-state index in [0.29, 0.717) is 12.0 Å². The standard InChI is InChI=1S/C13H23N3/c1-3-14-12-7-5-6-11(10-12)13-8-9-15-16(13)4-2/h8-9,11-12,14H,3-7,10H2,1-2H3. The molecule has 1 saturated carbocycles. The molecule has 0 spiro atoms. The Morgan fingerprint density at radius 2 is 2.31 bits per heavy atom. The smallest absolute Gasteiger partial charge is 0.0492 e. The quantitative estimate of drug-likeness (QED) is 0.846. The third-order valence-corrected chi connectivity index (χ3v) is 3.63. The fourth-order valence-corrected chi connectivity index (χ4v) is 2.89. The summed E-state index contributed by atoms with van der Waals surface area (Å²) in [6, 6.07) is 2.91. The van der Waals surface area contributed by atoms with Gasteiger partial charge in [0.05, 0.1) is 0 Å². The summed E-state index contributed by atoms with van der Waals surface area (Å²) in [7, 11) is 0. The number of aromatic nitrogens is 2. The van der Waals surface area contributed by atoms with Gasteiger partial charge in [-0.05, 0) is 38.8 Å². The molecule has 0 aromatic carbocycles. The van der Waals surface area contributed by atoms with Crippen LogP contribution in [-0.4, -0.2) is 22.4 Å². The van der Waals surface area contributed by atoms with Crippen LogP contribution in [0.5, 0.6) is 0 Å². The minimum atomic E-state index is 0.709. The van der Waals surface area contributed by atoms with Gasteiger partial charge in [0.1, 0.15) is 0 Å². The molecule has 1 fully saturated rings. The molecule has 1 aromatic heterocycles. The highest BCUT2D eigenvalue weighted by Gasteiger charge is 2.24. The van der Waals surface area contributed by atoms with E-state index in [-0.39, 0.29) is 0 Å². The molecule has 3 nitrogen and oxygen atoms in total. The van der Waals surface area contributed by atoms with Crippen molar-refractivity contribution < 1.29 is 0 Å². The highest BCUT2D eigenvalue weighted by atomic mass is 15.3. The first kappa shape index (κ1) is 11.6. The van der Waals surface area contributed by atoms with Crippen molar-refractivity contribution in [2.45, 2.75) is 58.0 Å². The van der Waals surface area contributed by atoms with Crippen LogP contribution in [0.15, 0.2) is 12.3 Å². The van der Waals surface area contributed by atoms with Gasteiger partial charge >= 0.3 is 0 Å². The van der Waals surface area contributed by atoms with Crippen molar-refractivity contribution in [2.24, 2.45) is 0 Å². The molecule has 0 aliphatic heterocycles. The molecular formula is C13H23N3. The van der Waals surface area contributed by atoms with Gasteiger partial charge in [-0.3, -0.25) is 4.68 Å². The molecule has 0 bridgehead atoms. The Balaban J connectivity index is 2.03. The summed E-state index contributed by atoms with van der Waals surface area (Å²) < 4.78 is 2.15. The van der Waals surface area contributed by atoms with E-state index < -0.39 is 0 Å². The fraction of sp³-hybridized carbons (Fsp3) is 0.769. The number of hydrogen-bond donors (Lipinski definition) is 1. The minimum absolute atomic E-state index is 0.709. The van der Waals surface area contributed by atoms with Crippen molar-refractivity contribution in [3.63, 3.8) is 0 Å². The van der Waals surface area contributed by atoms with Crippen LogP contribution in [0.25, 0.3) is 0 Å². The van der Waals surface area contributed by atoms with Crippen molar-refractivity contribution in [2.75, 3.05) is 6.54 Å². The summed E-state index contributed by atoms with van der Waals surface area (Å²) in [5.74, 6) is 0.709. The van der Waals surface area contributed by atoms with Gasteiger partial charge < -0.3 is 5.32 Å².